The fourth-order valence-electron chi connectivity index (χ4n) is 3.76. The maximum atomic E-state index is 5.86. The van der Waals surface area contributed by atoms with Crippen LogP contribution >= 0.6 is 0 Å². The molecule has 2 aliphatic heterocycles. The van der Waals surface area contributed by atoms with E-state index in [-0.39, 0.29) is 0 Å². The van der Waals surface area contributed by atoms with Crippen molar-refractivity contribution >= 4 is 10.9 Å². The maximum absolute atomic E-state index is 5.86. The summed E-state index contributed by atoms with van der Waals surface area (Å²) in [5.41, 5.74) is 2.25. The lowest BCUT2D eigenvalue weighted by Gasteiger charge is -2.29. The minimum Gasteiger partial charge on any atom is -0.379 e. The van der Waals surface area contributed by atoms with Crippen LogP contribution < -0.4 is 0 Å². The molecule has 2 bridgehead atoms. The largest absolute Gasteiger partial charge is 0.379 e. The Morgan fingerprint density at radius 2 is 2.00 bits per heavy atom. The van der Waals surface area contributed by atoms with Crippen molar-refractivity contribution < 1.29 is 4.74 Å². The zero-order valence-corrected chi connectivity index (χ0v) is 13.1. The number of nitrogens with zero attached hydrogens (tertiary/aromatic N) is 3. The first-order valence-electron chi connectivity index (χ1n) is 8.13. The number of fused-ring (bicyclic) bond motifs is 4. The second-order valence-corrected chi connectivity index (χ2v) is 6.70. The van der Waals surface area contributed by atoms with Gasteiger partial charge in [0.2, 0.25) is 0 Å². The van der Waals surface area contributed by atoms with Gasteiger partial charge < -0.3 is 9.64 Å². The van der Waals surface area contributed by atoms with Gasteiger partial charge in [0.15, 0.2) is 0 Å². The highest BCUT2D eigenvalue weighted by molar-refractivity contribution is 5.78. The third-order valence-corrected chi connectivity index (χ3v) is 4.79. The lowest BCUT2D eigenvalue weighted by atomic mass is 10.1. The third kappa shape index (κ3) is 2.86. The molecule has 4 heteroatoms. The number of ether oxygens (including phenoxy) is 1. The molecular formula is C18H23N3O. The Labute approximate surface area is 131 Å². The summed E-state index contributed by atoms with van der Waals surface area (Å²) in [4.78, 5) is 9.85. The van der Waals surface area contributed by atoms with E-state index in [0.29, 0.717) is 12.0 Å². The number of hydrogen-bond donors (Lipinski definition) is 0. The SMILES string of the molecule is CN1C[C@@H]2COC[C@H](C1)N(Cc1ccc3ccccc3n1)C2. The molecule has 1 aromatic carbocycles. The van der Waals surface area contributed by atoms with Gasteiger partial charge in [-0.2, -0.15) is 0 Å². The van der Waals surface area contributed by atoms with Crippen LogP contribution in [-0.2, 0) is 11.3 Å². The van der Waals surface area contributed by atoms with Crippen LogP contribution in [0.2, 0.25) is 0 Å². The number of likely N-dealkylation sites (N-methyl/N-ethyl adjacent to an activating group) is 1. The molecule has 0 amide bonds. The van der Waals surface area contributed by atoms with Crippen LogP contribution in [0.3, 0.4) is 0 Å². The van der Waals surface area contributed by atoms with Gasteiger partial charge in [-0.3, -0.25) is 9.88 Å². The first-order chi connectivity index (χ1) is 10.8. The minimum absolute atomic E-state index is 0.478. The molecule has 2 aliphatic rings. The summed E-state index contributed by atoms with van der Waals surface area (Å²) >= 11 is 0. The van der Waals surface area contributed by atoms with Gasteiger partial charge in [-0.25, -0.2) is 0 Å². The van der Waals surface area contributed by atoms with Crippen LogP contribution in [-0.4, -0.2) is 60.7 Å². The van der Waals surface area contributed by atoms with E-state index < -0.39 is 0 Å². The third-order valence-electron chi connectivity index (χ3n) is 4.79. The van der Waals surface area contributed by atoms with E-state index in [9.17, 15) is 0 Å². The van der Waals surface area contributed by atoms with Crippen molar-refractivity contribution in [1.29, 1.82) is 0 Å². The molecule has 0 radical (unpaired) electrons. The molecule has 0 saturated carbocycles. The highest BCUT2D eigenvalue weighted by atomic mass is 16.5. The van der Waals surface area contributed by atoms with Gasteiger partial charge in [-0.15, -0.1) is 0 Å². The smallest absolute Gasteiger partial charge is 0.0705 e. The van der Waals surface area contributed by atoms with Gasteiger partial charge >= 0.3 is 0 Å². The maximum Gasteiger partial charge on any atom is 0.0705 e. The predicted octanol–water partition coefficient (Wildman–Crippen LogP) is 2.00. The van der Waals surface area contributed by atoms with Crippen LogP contribution in [0.1, 0.15) is 5.69 Å². The van der Waals surface area contributed by atoms with E-state index in [1.165, 1.54) is 5.39 Å². The topological polar surface area (TPSA) is 28.6 Å². The van der Waals surface area contributed by atoms with E-state index in [1.807, 2.05) is 0 Å². The Morgan fingerprint density at radius 3 is 2.95 bits per heavy atom. The molecule has 3 heterocycles. The van der Waals surface area contributed by atoms with Crippen LogP contribution in [0.15, 0.2) is 36.4 Å². The van der Waals surface area contributed by atoms with E-state index in [1.54, 1.807) is 0 Å². The van der Waals surface area contributed by atoms with Crippen molar-refractivity contribution in [3.8, 4) is 0 Å². The van der Waals surface area contributed by atoms with Gasteiger partial charge in [0, 0.05) is 43.5 Å². The number of benzene rings is 1. The molecule has 0 spiro atoms. The average Bonchev–Trinajstić information content (AvgIpc) is 2.77. The van der Waals surface area contributed by atoms with Crippen molar-refractivity contribution in [3.63, 3.8) is 0 Å². The van der Waals surface area contributed by atoms with Crippen LogP contribution in [0, 0.1) is 5.92 Å². The van der Waals surface area contributed by atoms with Crippen molar-refractivity contribution in [2.24, 2.45) is 5.92 Å². The molecule has 4 nitrogen and oxygen atoms in total. The molecule has 2 atom stereocenters. The summed E-state index contributed by atoms with van der Waals surface area (Å²) < 4.78 is 5.86. The summed E-state index contributed by atoms with van der Waals surface area (Å²) in [6, 6.07) is 13.2. The Hall–Kier alpha value is -1.49. The molecule has 1 aromatic heterocycles. The Balaban J connectivity index is 1.58. The fourth-order valence-corrected chi connectivity index (χ4v) is 3.76. The van der Waals surface area contributed by atoms with E-state index in [4.69, 9.17) is 9.72 Å². The minimum atomic E-state index is 0.478. The number of hydrogen-bond acceptors (Lipinski definition) is 4. The van der Waals surface area contributed by atoms with Gasteiger partial charge in [0.25, 0.3) is 0 Å². The first kappa shape index (κ1) is 14.1. The normalized spacial score (nSPS) is 27.0. The summed E-state index contributed by atoms with van der Waals surface area (Å²) in [5, 5.41) is 1.21. The average molecular weight is 297 g/mol. The van der Waals surface area contributed by atoms with Gasteiger partial charge in [-0.1, -0.05) is 24.3 Å². The predicted molar refractivity (Wildman–Crippen MR) is 87.7 cm³/mol. The van der Waals surface area contributed by atoms with E-state index in [0.717, 1.165) is 50.6 Å². The molecule has 2 fully saturated rings. The van der Waals surface area contributed by atoms with Gasteiger partial charge in [-0.05, 0) is 19.2 Å². The molecule has 2 saturated heterocycles. The molecule has 2 aromatic rings. The second-order valence-electron chi connectivity index (χ2n) is 6.70. The van der Waals surface area contributed by atoms with Crippen molar-refractivity contribution in [2.45, 2.75) is 12.6 Å². The molecule has 4 rings (SSSR count). The monoisotopic (exact) mass is 297 g/mol. The van der Waals surface area contributed by atoms with Crippen molar-refractivity contribution in [2.75, 3.05) is 39.9 Å². The summed E-state index contributed by atoms with van der Waals surface area (Å²) in [7, 11) is 2.23. The van der Waals surface area contributed by atoms with Crippen LogP contribution in [0.4, 0.5) is 0 Å². The molecule has 0 unspecified atom stereocenters. The fraction of sp³-hybridized carbons (Fsp3) is 0.500. The quantitative estimate of drug-likeness (QED) is 0.848. The number of rotatable bonds is 2. The molecular weight excluding hydrogens is 274 g/mol. The Morgan fingerprint density at radius 1 is 1.09 bits per heavy atom. The first-order valence-corrected chi connectivity index (χ1v) is 8.13. The number of aromatic nitrogens is 1. The van der Waals surface area contributed by atoms with Crippen molar-refractivity contribution in [3.05, 3.63) is 42.1 Å². The summed E-state index contributed by atoms with van der Waals surface area (Å²) in [5.74, 6) is 0.609. The zero-order chi connectivity index (χ0) is 14.9. The molecule has 0 N–H and O–H groups in total. The number of para-hydroxylation sites is 1. The van der Waals surface area contributed by atoms with E-state index >= 15 is 0 Å². The molecule has 116 valence electrons. The summed E-state index contributed by atoms with van der Waals surface area (Å²) in [6.45, 7) is 5.99. The molecule has 0 aliphatic carbocycles. The van der Waals surface area contributed by atoms with E-state index in [2.05, 4.69) is 53.2 Å². The zero-order valence-electron chi connectivity index (χ0n) is 13.1. The highest BCUT2D eigenvalue weighted by Gasteiger charge is 2.32. The summed E-state index contributed by atoms with van der Waals surface area (Å²) in [6.07, 6.45) is 0. The highest BCUT2D eigenvalue weighted by Crippen LogP contribution is 2.21. The van der Waals surface area contributed by atoms with Crippen LogP contribution in [0.25, 0.3) is 10.9 Å². The second kappa shape index (κ2) is 5.95. The lowest BCUT2D eigenvalue weighted by molar-refractivity contribution is 0.0560. The van der Waals surface area contributed by atoms with Crippen molar-refractivity contribution in [1.82, 2.24) is 14.8 Å². The molecule has 22 heavy (non-hydrogen) atoms. The van der Waals surface area contributed by atoms with Crippen LogP contribution in [0.5, 0.6) is 0 Å². The number of pyridine rings is 1. The Bertz CT molecular complexity index is 660. The lowest BCUT2D eigenvalue weighted by Crippen LogP contribution is -2.42. The van der Waals surface area contributed by atoms with Gasteiger partial charge in [0.05, 0.1) is 24.4 Å². The Kier molecular flexibility index (Phi) is 3.82. The van der Waals surface area contributed by atoms with Gasteiger partial charge in [0.1, 0.15) is 0 Å². The standard InChI is InChI=1S/C18H23N3O/c1-20-8-14-9-21(17(11-20)13-22-12-14)10-16-7-6-15-4-2-3-5-18(15)19-16/h2-7,14,17H,8-13H2,1H3/t14-,17-/m0/s1.